The van der Waals surface area contributed by atoms with Crippen LogP contribution in [-0.2, 0) is 6.54 Å². The summed E-state index contributed by atoms with van der Waals surface area (Å²) in [5.41, 5.74) is 3.36. The van der Waals surface area contributed by atoms with Crippen LogP contribution in [0.2, 0.25) is 5.02 Å². The van der Waals surface area contributed by atoms with Crippen LogP contribution in [0.15, 0.2) is 75.6 Å². The first-order valence-electron chi connectivity index (χ1n) is 12.4. The molecule has 4 aromatic rings. The van der Waals surface area contributed by atoms with Gasteiger partial charge in [-0.05, 0) is 12.1 Å². The van der Waals surface area contributed by atoms with Gasteiger partial charge in [0.25, 0.3) is 0 Å². The van der Waals surface area contributed by atoms with Gasteiger partial charge >= 0.3 is 208 Å². The number of alkyl halides is 2. The van der Waals surface area contributed by atoms with Gasteiger partial charge in [-0.2, -0.15) is 0 Å². The van der Waals surface area contributed by atoms with Crippen LogP contribution >= 0.6 is 11.6 Å². The van der Waals surface area contributed by atoms with E-state index >= 15 is 0 Å². The summed E-state index contributed by atoms with van der Waals surface area (Å²) in [7, 11) is 0. The van der Waals surface area contributed by atoms with Gasteiger partial charge in [-0.25, -0.2) is 8.78 Å². The molecule has 0 radical (unpaired) electrons. The second kappa shape index (κ2) is 11.7. The number of halogens is 5. The molecule has 0 bridgehead atoms. The Balaban J connectivity index is 1.33. The van der Waals surface area contributed by atoms with E-state index in [4.69, 9.17) is 21.3 Å². The molecule has 206 valence electrons. The molecule has 5 nitrogen and oxygen atoms in total. The van der Waals surface area contributed by atoms with Gasteiger partial charge in [-0.1, -0.05) is 17.7 Å². The molecule has 2 aliphatic heterocycles. The molecule has 0 saturated heterocycles. The third-order valence-corrected chi connectivity index (χ3v) is 11.9. The molecule has 3 heterocycles. The predicted octanol–water partition coefficient (Wildman–Crippen LogP) is 1.16. The van der Waals surface area contributed by atoms with Gasteiger partial charge in [0.05, 0.1) is 0 Å². The Labute approximate surface area is 256 Å². The predicted molar refractivity (Wildman–Crippen MR) is 145 cm³/mol. The second-order valence-corrected chi connectivity index (χ2v) is 15.5. The molecule has 1 unspecified atom stereocenters. The number of nitrogens with one attached hydrogen (secondary N) is 1. The summed E-state index contributed by atoms with van der Waals surface area (Å²) in [6.45, 7) is 2.45. The fraction of sp³-hybridized carbons (Fsp3) is 0.167. The van der Waals surface area contributed by atoms with E-state index in [-0.39, 0.29) is 60.2 Å². The summed E-state index contributed by atoms with van der Waals surface area (Å²) in [4.78, 5) is 16.2. The van der Waals surface area contributed by atoms with Gasteiger partial charge in [0.1, 0.15) is 11.6 Å². The molecule has 10 heteroatoms. The van der Waals surface area contributed by atoms with Crippen LogP contribution in [0.25, 0.3) is 11.3 Å². The number of hydrogen-bond donors (Lipinski definition) is 1. The summed E-state index contributed by atoms with van der Waals surface area (Å²) in [5.74, 6) is 0.974. The van der Waals surface area contributed by atoms with E-state index in [1.807, 2.05) is 12.1 Å². The molecule has 1 aromatic heterocycles. The fourth-order valence-electron chi connectivity index (χ4n) is 4.52. The molecule has 0 spiro atoms. The van der Waals surface area contributed by atoms with E-state index < -0.39 is 11.6 Å². The number of hydrogen-bond acceptors (Lipinski definition) is 5. The summed E-state index contributed by atoms with van der Waals surface area (Å²) in [5, 5.41) is 3.74. The standard InChI is InChI=1S/C30H23ClF2I2N4O/c1-16(34-2)10-20-13-35-25-9-7-19(12-26(25)40-20)38-30-37-15-17-14-36-29(27-23(32)4-3-5-24(27)33)22-11-18(31)6-8-21(22)28(17)39-30/h3-9,11-13,15-16H,10,14H2,1-2H3,(H,37,38,39)/q-2. The molecule has 6 rings (SSSR count). The Morgan fingerprint density at radius 2 is 1.93 bits per heavy atom. The zero-order chi connectivity index (χ0) is 27.8. The topological polar surface area (TPSA) is 59.4 Å². The van der Waals surface area contributed by atoms with Gasteiger partial charge in [0.15, 0.2) is 0 Å². The van der Waals surface area contributed by atoms with Crippen molar-refractivity contribution < 1.29 is 55.9 Å². The zero-order valence-electron chi connectivity index (χ0n) is 21.5. The Bertz CT molecular complexity index is 1670. The number of aromatic nitrogens is 2. The van der Waals surface area contributed by atoms with E-state index in [2.05, 4.69) is 37.3 Å². The van der Waals surface area contributed by atoms with E-state index in [1.165, 1.54) is 21.8 Å². The number of ether oxygens (including phenoxy) is 1. The normalized spacial score (nSPS) is 14.8. The van der Waals surface area contributed by atoms with Gasteiger partial charge in [0, 0.05) is 0 Å². The average Bonchev–Trinajstić information content (AvgIpc) is 3.09. The molecule has 0 saturated carbocycles. The minimum atomic E-state index is -0.690. The number of benzene rings is 3. The number of allylic oxidation sites excluding steroid dienone is 1. The monoisotopic (exact) mass is 782 g/mol. The van der Waals surface area contributed by atoms with Crippen LogP contribution in [0, 0.1) is 15.2 Å². The van der Waals surface area contributed by atoms with Gasteiger partial charge in [-0.3, -0.25) is 0 Å². The third-order valence-electron chi connectivity index (χ3n) is 6.54. The van der Waals surface area contributed by atoms with Gasteiger partial charge < -0.3 is 0 Å². The Kier molecular flexibility index (Phi) is 8.04. The van der Waals surface area contributed by atoms with Crippen LogP contribution in [0.1, 0.15) is 30.0 Å². The second-order valence-electron chi connectivity index (χ2n) is 9.28. The quantitative estimate of drug-likeness (QED) is 0.236. The van der Waals surface area contributed by atoms with Crippen molar-refractivity contribution in [2.75, 3.05) is 10.2 Å². The van der Waals surface area contributed by atoms with Crippen LogP contribution in [0.4, 0.5) is 20.4 Å². The Morgan fingerprint density at radius 3 is 2.73 bits per heavy atom. The Morgan fingerprint density at radius 1 is 1.10 bits per heavy atom. The van der Waals surface area contributed by atoms with Crippen molar-refractivity contribution in [3.63, 3.8) is 0 Å². The van der Waals surface area contributed by atoms with Crippen LogP contribution < -0.4 is 52.5 Å². The molecule has 0 aliphatic carbocycles. The van der Waals surface area contributed by atoms with Crippen molar-refractivity contribution in [2.45, 2.75) is 23.8 Å². The molecule has 1 N–H and O–H groups in total. The summed E-state index contributed by atoms with van der Waals surface area (Å²) < 4.78 is 40.1. The minimum absolute atomic E-state index is 0.162. The van der Waals surface area contributed by atoms with E-state index in [1.54, 1.807) is 24.4 Å². The first kappa shape index (κ1) is 27.5. The van der Waals surface area contributed by atoms with Crippen LogP contribution in [0.3, 0.4) is 0 Å². The summed E-state index contributed by atoms with van der Waals surface area (Å²) >= 11 is 6.27. The molecular formula is C30H23ClF2I2N4O-2. The van der Waals surface area contributed by atoms with Crippen molar-refractivity contribution >= 4 is 28.9 Å². The Hall–Kier alpha value is -2.64. The molecule has 0 amide bonds. The maximum atomic E-state index is 14.8. The fourth-order valence-corrected chi connectivity index (χ4v) is 7.60. The number of aliphatic imine (C=N–C) groups is 1. The van der Waals surface area contributed by atoms with E-state index in [0.717, 1.165) is 29.2 Å². The van der Waals surface area contributed by atoms with E-state index in [9.17, 15) is 8.78 Å². The van der Waals surface area contributed by atoms with Crippen LogP contribution in [0.5, 0.6) is 5.75 Å². The summed E-state index contributed by atoms with van der Waals surface area (Å²) in [6.07, 6.45) is 2.68. The number of fused-ring (bicyclic) bond motifs is 4. The number of anilines is 2. The molecular weight excluding hydrogens is 760 g/mol. The van der Waals surface area contributed by atoms with Crippen molar-refractivity contribution in [3.8, 4) is 17.0 Å². The zero-order valence-corrected chi connectivity index (χ0v) is 26.6. The third kappa shape index (κ3) is 5.60. The first-order valence-corrected chi connectivity index (χ1v) is 18.5. The molecule has 0 fully saturated rings. The van der Waals surface area contributed by atoms with Gasteiger partial charge in [-0.15, -0.1) is 0 Å². The SMILES string of the molecule is C[I-]C(C)CC1=C[I-]c2ccc(Nc3ncc4c(n3)-c3ccc(Cl)cc3C(c3c(F)cccc3F)=NC4)cc2O1. The van der Waals surface area contributed by atoms with Crippen molar-refractivity contribution in [1.82, 2.24) is 9.97 Å². The van der Waals surface area contributed by atoms with Crippen LogP contribution in [-0.4, -0.2) is 24.5 Å². The van der Waals surface area contributed by atoms with E-state index in [0.29, 0.717) is 31.7 Å². The molecule has 3 aromatic carbocycles. The number of rotatable bonds is 6. The molecule has 1 atom stereocenters. The van der Waals surface area contributed by atoms with Crippen molar-refractivity contribution in [1.29, 1.82) is 0 Å². The number of nitrogens with zero attached hydrogens (tertiary/aromatic N) is 3. The first-order chi connectivity index (χ1) is 19.4. The maximum absolute atomic E-state index is 14.8. The molecule has 40 heavy (non-hydrogen) atoms. The van der Waals surface area contributed by atoms with Crippen molar-refractivity contribution in [3.05, 3.63) is 108 Å². The molecule has 2 aliphatic rings. The van der Waals surface area contributed by atoms with Crippen molar-refractivity contribution in [2.24, 2.45) is 4.99 Å². The van der Waals surface area contributed by atoms with Gasteiger partial charge in [0.2, 0.25) is 0 Å². The average molecular weight is 783 g/mol. The summed E-state index contributed by atoms with van der Waals surface area (Å²) in [6, 6.07) is 15.1.